The topological polar surface area (TPSA) is 70.6 Å². The first-order valence-electron chi connectivity index (χ1n) is 8.52. The van der Waals surface area contributed by atoms with E-state index in [0.29, 0.717) is 13.1 Å². The van der Waals surface area contributed by atoms with E-state index in [2.05, 4.69) is 28.8 Å². The van der Waals surface area contributed by atoms with E-state index in [0.717, 1.165) is 21.2 Å². The van der Waals surface area contributed by atoms with Gasteiger partial charge in [0.25, 0.3) is 0 Å². The van der Waals surface area contributed by atoms with Crippen LogP contribution in [0.5, 0.6) is 0 Å². The zero-order chi connectivity index (χ0) is 18.2. The fourth-order valence-electron chi connectivity index (χ4n) is 2.78. The number of aliphatic hydroxyl groups is 1. The second kappa shape index (κ2) is 9.33. The van der Waals surface area contributed by atoms with Crippen LogP contribution in [0, 0.1) is 0 Å². The third kappa shape index (κ3) is 4.82. The number of carbonyl (C=O) groups is 1. The normalized spacial score (nSPS) is 12.0. The number of aliphatic hydroxyl groups excluding tert-OH is 1. The molecule has 1 heterocycles. The van der Waals surface area contributed by atoms with Gasteiger partial charge in [-0.15, -0.1) is 11.3 Å². The predicted octanol–water partition coefficient (Wildman–Crippen LogP) is 3.45. The molecule has 0 spiro atoms. The summed E-state index contributed by atoms with van der Waals surface area (Å²) in [5.41, 5.74) is 1.07. The van der Waals surface area contributed by atoms with Crippen molar-refractivity contribution in [2.45, 2.75) is 12.6 Å². The molecule has 0 saturated heterocycles. The van der Waals surface area contributed by atoms with E-state index in [1.165, 1.54) is 0 Å². The Kier molecular flexibility index (Phi) is 6.60. The summed E-state index contributed by atoms with van der Waals surface area (Å²) in [6.45, 7) is 0.993. The maximum absolute atomic E-state index is 12.2. The van der Waals surface area contributed by atoms with Crippen molar-refractivity contribution < 1.29 is 14.6 Å². The third-order valence-corrected chi connectivity index (χ3v) is 5.00. The Morgan fingerprint density at radius 2 is 1.92 bits per heavy atom. The molecule has 0 aliphatic heterocycles. The van der Waals surface area contributed by atoms with Crippen molar-refractivity contribution in [2.24, 2.45) is 0 Å². The van der Waals surface area contributed by atoms with Gasteiger partial charge in [-0.25, -0.2) is 4.79 Å². The Bertz CT molecular complexity index is 831. The second-order valence-electron chi connectivity index (χ2n) is 5.80. The lowest BCUT2D eigenvalue weighted by Gasteiger charge is -2.17. The van der Waals surface area contributed by atoms with Crippen molar-refractivity contribution in [2.75, 3.05) is 19.8 Å². The average molecular weight is 370 g/mol. The van der Waals surface area contributed by atoms with Crippen LogP contribution in [0.1, 0.15) is 16.5 Å². The Hall–Kier alpha value is -2.41. The maximum atomic E-state index is 12.2. The van der Waals surface area contributed by atoms with E-state index in [-0.39, 0.29) is 25.3 Å². The minimum absolute atomic E-state index is 0.0465. The fraction of sp³-hybridized carbons (Fsp3) is 0.250. The third-order valence-electron chi connectivity index (χ3n) is 4.04. The molecule has 3 N–H and O–H groups in total. The minimum atomic E-state index is -0.259. The summed E-state index contributed by atoms with van der Waals surface area (Å²) in [5, 5.41) is 19.0. The number of ether oxygens (including phenoxy) is 1. The van der Waals surface area contributed by atoms with E-state index in [1.807, 2.05) is 41.8 Å². The van der Waals surface area contributed by atoms with Gasteiger partial charge in [-0.2, -0.15) is 0 Å². The minimum Gasteiger partial charge on any atom is -0.394 e. The zero-order valence-electron chi connectivity index (χ0n) is 14.4. The molecule has 0 aliphatic rings. The van der Waals surface area contributed by atoms with E-state index in [1.54, 1.807) is 11.3 Å². The highest BCUT2D eigenvalue weighted by molar-refractivity contribution is 7.10. The lowest BCUT2D eigenvalue weighted by atomic mass is 10.0. The number of carbonyl (C=O) groups excluding carboxylic acids is 1. The number of rotatable bonds is 8. The molecule has 2 aromatic carbocycles. The number of hydrogen-bond acceptors (Lipinski definition) is 4. The van der Waals surface area contributed by atoms with Crippen molar-refractivity contribution in [1.29, 1.82) is 0 Å². The molecule has 6 heteroatoms. The van der Waals surface area contributed by atoms with Gasteiger partial charge in [0.2, 0.25) is 0 Å². The van der Waals surface area contributed by atoms with Crippen LogP contribution in [0.25, 0.3) is 10.8 Å². The van der Waals surface area contributed by atoms with Crippen molar-refractivity contribution in [3.05, 3.63) is 70.4 Å². The molecule has 26 heavy (non-hydrogen) atoms. The van der Waals surface area contributed by atoms with Crippen molar-refractivity contribution in [3.63, 3.8) is 0 Å². The molecule has 0 unspecified atom stereocenters. The number of benzene rings is 2. The highest BCUT2D eigenvalue weighted by Gasteiger charge is 2.14. The van der Waals surface area contributed by atoms with Gasteiger partial charge >= 0.3 is 6.03 Å². The first-order valence-corrected chi connectivity index (χ1v) is 9.40. The van der Waals surface area contributed by atoms with Gasteiger partial charge in [0.05, 0.1) is 19.8 Å². The van der Waals surface area contributed by atoms with Gasteiger partial charge in [-0.3, -0.25) is 0 Å². The van der Waals surface area contributed by atoms with Gasteiger partial charge in [-0.1, -0.05) is 48.5 Å². The average Bonchev–Trinajstić information content (AvgIpc) is 3.21. The van der Waals surface area contributed by atoms with Gasteiger partial charge in [-0.05, 0) is 27.8 Å². The lowest BCUT2D eigenvalue weighted by Crippen LogP contribution is -2.38. The van der Waals surface area contributed by atoms with Crippen LogP contribution in [-0.2, 0) is 11.3 Å². The summed E-state index contributed by atoms with van der Waals surface area (Å²) < 4.78 is 5.62. The van der Waals surface area contributed by atoms with Gasteiger partial charge in [0.1, 0.15) is 6.10 Å². The molecule has 1 aromatic heterocycles. The largest absolute Gasteiger partial charge is 0.394 e. The van der Waals surface area contributed by atoms with Crippen LogP contribution < -0.4 is 10.6 Å². The summed E-state index contributed by atoms with van der Waals surface area (Å²) >= 11 is 1.57. The van der Waals surface area contributed by atoms with Crippen LogP contribution in [0.3, 0.4) is 0 Å². The molecule has 136 valence electrons. The predicted molar refractivity (Wildman–Crippen MR) is 104 cm³/mol. The number of urea groups is 1. The number of hydrogen-bond donors (Lipinski definition) is 3. The molecule has 0 radical (unpaired) electrons. The van der Waals surface area contributed by atoms with Crippen LogP contribution >= 0.6 is 11.3 Å². The summed E-state index contributed by atoms with van der Waals surface area (Å²) in [5.74, 6) is 0. The Labute approximate surface area is 156 Å². The molecular weight excluding hydrogens is 348 g/mol. The SMILES string of the molecule is O=C(NCc1cccc2ccccc12)NC[C@@H](OCCO)c1cccs1. The quantitative estimate of drug-likeness (QED) is 0.569. The van der Waals surface area contributed by atoms with Gasteiger partial charge in [0.15, 0.2) is 0 Å². The van der Waals surface area contributed by atoms with Crippen molar-refractivity contribution in [3.8, 4) is 0 Å². The standard InChI is InChI=1S/C20H22N2O3S/c23-10-11-25-18(19-9-4-12-26-19)14-22-20(24)21-13-16-7-3-6-15-5-1-2-8-17(15)16/h1-9,12,18,23H,10-11,13-14H2,(H2,21,22,24)/t18-/m1/s1. The molecule has 3 rings (SSSR count). The highest BCUT2D eigenvalue weighted by atomic mass is 32.1. The van der Waals surface area contributed by atoms with Crippen LogP contribution in [0.2, 0.25) is 0 Å². The Balaban J connectivity index is 1.54. The number of thiophene rings is 1. The molecule has 2 amide bonds. The molecule has 3 aromatic rings. The highest BCUT2D eigenvalue weighted by Crippen LogP contribution is 2.22. The molecule has 0 bridgehead atoms. The second-order valence-corrected chi connectivity index (χ2v) is 6.78. The van der Waals surface area contributed by atoms with Gasteiger partial charge < -0.3 is 20.5 Å². The summed E-state index contributed by atoms with van der Waals surface area (Å²) in [7, 11) is 0. The van der Waals surface area contributed by atoms with E-state index in [9.17, 15) is 4.79 Å². The molecule has 0 fully saturated rings. The van der Waals surface area contributed by atoms with E-state index < -0.39 is 0 Å². The summed E-state index contributed by atoms with van der Waals surface area (Å²) in [6.07, 6.45) is -0.259. The van der Waals surface area contributed by atoms with Crippen LogP contribution in [-0.4, -0.2) is 30.9 Å². The monoisotopic (exact) mass is 370 g/mol. The Morgan fingerprint density at radius 3 is 2.73 bits per heavy atom. The number of fused-ring (bicyclic) bond motifs is 1. The molecule has 5 nitrogen and oxygen atoms in total. The van der Waals surface area contributed by atoms with Gasteiger partial charge in [0, 0.05) is 11.4 Å². The summed E-state index contributed by atoms with van der Waals surface area (Å²) in [4.78, 5) is 13.2. The first kappa shape index (κ1) is 18.4. The zero-order valence-corrected chi connectivity index (χ0v) is 15.2. The Morgan fingerprint density at radius 1 is 1.08 bits per heavy atom. The van der Waals surface area contributed by atoms with Crippen molar-refractivity contribution >= 4 is 28.1 Å². The first-order chi connectivity index (χ1) is 12.8. The summed E-state index contributed by atoms with van der Waals surface area (Å²) in [6, 6.07) is 17.8. The van der Waals surface area contributed by atoms with Crippen LogP contribution in [0.15, 0.2) is 60.0 Å². The molecule has 1 atom stereocenters. The van der Waals surface area contributed by atoms with E-state index >= 15 is 0 Å². The molecule has 0 saturated carbocycles. The lowest BCUT2D eigenvalue weighted by molar-refractivity contribution is 0.0314. The molecule has 0 aliphatic carbocycles. The molecular formula is C20H22N2O3S. The number of amides is 2. The van der Waals surface area contributed by atoms with Crippen LogP contribution in [0.4, 0.5) is 4.79 Å². The van der Waals surface area contributed by atoms with E-state index in [4.69, 9.17) is 9.84 Å². The van der Waals surface area contributed by atoms with Crippen molar-refractivity contribution in [1.82, 2.24) is 10.6 Å². The maximum Gasteiger partial charge on any atom is 0.315 e. The fourth-order valence-corrected chi connectivity index (χ4v) is 3.56. The smallest absolute Gasteiger partial charge is 0.315 e. The number of nitrogens with one attached hydrogen (secondary N) is 2.